The predicted molar refractivity (Wildman–Crippen MR) is 108 cm³/mol. The van der Waals surface area contributed by atoms with E-state index in [1.54, 1.807) is 24.5 Å². The molecule has 0 spiro atoms. The van der Waals surface area contributed by atoms with Gasteiger partial charge in [0, 0.05) is 38.6 Å². The van der Waals surface area contributed by atoms with E-state index in [-0.39, 0.29) is 12.2 Å². The number of nitrogens with zero attached hydrogens (tertiary/aromatic N) is 4. The summed E-state index contributed by atoms with van der Waals surface area (Å²) in [6.07, 6.45) is 3.25. The standard InChI is InChI=1S/C21H20N6O2/c22-13-16(21(28)29-14-15-5-7-23-8-6-15)19-20(27-11-9-24-10-12-27)26-18-4-2-1-3-17(18)25-19/h1-8,24-25H,9-12,14H2/b19-16-. The number of nitriles is 1. The van der Waals surface area contributed by atoms with Crippen LogP contribution in [0.25, 0.3) is 0 Å². The number of pyridine rings is 1. The molecule has 2 aliphatic heterocycles. The van der Waals surface area contributed by atoms with Gasteiger partial charge < -0.3 is 20.3 Å². The molecule has 2 N–H and O–H groups in total. The third-order valence-electron chi connectivity index (χ3n) is 4.72. The highest BCUT2D eigenvalue weighted by atomic mass is 16.5. The number of nitrogens with one attached hydrogen (secondary N) is 2. The van der Waals surface area contributed by atoms with Gasteiger partial charge in [-0.15, -0.1) is 0 Å². The smallest absolute Gasteiger partial charge is 0.351 e. The molecular weight excluding hydrogens is 368 g/mol. The summed E-state index contributed by atoms with van der Waals surface area (Å²) < 4.78 is 5.39. The molecule has 29 heavy (non-hydrogen) atoms. The summed E-state index contributed by atoms with van der Waals surface area (Å²) in [4.78, 5) is 23.5. The van der Waals surface area contributed by atoms with Crippen molar-refractivity contribution in [3.63, 3.8) is 0 Å². The first-order valence-electron chi connectivity index (χ1n) is 9.37. The van der Waals surface area contributed by atoms with Crippen LogP contribution in [0.4, 0.5) is 11.4 Å². The minimum atomic E-state index is -0.686. The second kappa shape index (κ2) is 8.54. The van der Waals surface area contributed by atoms with Crippen LogP contribution in [0.2, 0.25) is 0 Å². The lowest BCUT2D eigenvalue weighted by Gasteiger charge is -2.34. The van der Waals surface area contributed by atoms with Gasteiger partial charge in [-0.1, -0.05) is 12.1 Å². The number of aromatic nitrogens is 1. The van der Waals surface area contributed by atoms with E-state index in [0.29, 0.717) is 11.5 Å². The van der Waals surface area contributed by atoms with Crippen molar-refractivity contribution in [3.8, 4) is 6.07 Å². The van der Waals surface area contributed by atoms with Gasteiger partial charge in [0.2, 0.25) is 0 Å². The van der Waals surface area contributed by atoms with Gasteiger partial charge in [-0.25, -0.2) is 9.79 Å². The lowest BCUT2D eigenvalue weighted by atomic mass is 10.1. The number of aliphatic imine (C=N–C) groups is 1. The molecule has 8 nitrogen and oxygen atoms in total. The summed E-state index contributed by atoms with van der Waals surface area (Å²) in [7, 11) is 0. The van der Waals surface area contributed by atoms with Gasteiger partial charge in [0.15, 0.2) is 11.4 Å². The fourth-order valence-corrected chi connectivity index (χ4v) is 3.22. The van der Waals surface area contributed by atoms with Crippen LogP contribution >= 0.6 is 0 Å². The third kappa shape index (κ3) is 4.10. The van der Waals surface area contributed by atoms with E-state index < -0.39 is 5.97 Å². The molecule has 8 heteroatoms. The molecule has 1 saturated heterocycles. The van der Waals surface area contributed by atoms with Crippen LogP contribution in [0.15, 0.2) is 65.1 Å². The molecule has 146 valence electrons. The second-order valence-corrected chi connectivity index (χ2v) is 6.61. The Balaban J connectivity index is 1.67. The van der Waals surface area contributed by atoms with E-state index in [1.165, 1.54) is 0 Å². The molecule has 4 rings (SSSR count). The minimum Gasteiger partial charge on any atom is -0.457 e. The van der Waals surface area contributed by atoms with Crippen LogP contribution in [0.3, 0.4) is 0 Å². The van der Waals surface area contributed by atoms with Crippen LogP contribution in [0.5, 0.6) is 0 Å². The molecule has 0 atom stereocenters. The summed E-state index contributed by atoms with van der Waals surface area (Å²) >= 11 is 0. The summed E-state index contributed by atoms with van der Waals surface area (Å²) in [6.45, 7) is 3.15. The molecule has 2 aliphatic rings. The van der Waals surface area contributed by atoms with Crippen LogP contribution in [0.1, 0.15) is 5.56 Å². The maximum atomic E-state index is 12.7. The Labute approximate surface area is 168 Å². The number of hydrogen-bond acceptors (Lipinski definition) is 8. The molecule has 1 aromatic carbocycles. The van der Waals surface area contributed by atoms with Gasteiger partial charge >= 0.3 is 5.97 Å². The Bertz CT molecular complexity index is 1000. The van der Waals surface area contributed by atoms with Crippen LogP contribution < -0.4 is 10.6 Å². The molecule has 1 fully saturated rings. The second-order valence-electron chi connectivity index (χ2n) is 6.61. The predicted octanol–water partition coefficient (Wildman–Crippen LogP) is 1.96. The Hall–Kier alpha value is -3.70. The van der Waals surface area contributed by atoms with E-state index in [4.69, 9.17) is 9.73 Å². The highest BCUT2D eigenvalue weighted by Crippen LogP contribution is 2.32. The van der Waals surface area contributed by atoms with Crippen molar-refractivity contribution < 1.29 is 9.53 Å². The van der Waals surface area contributed by atoms with Gasteiger partial charge in [-0.3, -0.25) is 4.98 Å². The Morgan fingerprint density at radius 2 is 1.93 bits per heavy atom. The molecule has 0 radical (unpaired) electrons. The number of carbonyl (C=O) groups is 1. The average Bonchev–Trinajstić information content (AvgIpc) is 2.79. The van der Waals surface area contributed by atoms with Crippen molar-refractivity contribution in [1.82, 2.24) is 15.2 Å². The summed E-state index contributed by atoms with van der Waals surface area (Å²) in [5, 5.41) is 16.3. The van der Waals surface area contributed by atoms with Gasteiger partial charge in [-0.05, 0) is 29.8 Å². The van der Waals surface area contributed by atoms with E-state index in [1.807, 2.05) is 30.3 Å². The summed E-state index contributed by atoms with van der Waals surface area (Å²) in [5.41, 5.74) is 2.61. The molecule has 3 heterocycles. The highest BCUT2D eigenvalue weighted by Gasteiger charge is 2.29. The molecule has 1 aromatic heterocycles. The SMILES string of the molecule is N#C/C(C(=O)OCc1ccncc1)=C1/Nc2ccccc2N=C1N1CCNCC1. The zero-order valence-corrected chi connectivity index (χ0v) is 15.8. The van der Waals surface area contributed by atoms with Crippen LogP contribution in [-0.2, 0) is 16.1 Å². The van der Waals surface area contributed by atoms with Gasteiger partial charge in [0.25, 0.3) is 0 Å². The number of piperazine rings is 1. The van der Waals surface area contributed by atoms with Crippen molar-refractivity contribution in [2.24, 2.45) is 4.99 Å². The number of esters is 1. The number of anilines is 1. The number of rotatable bonds is 3. The van der Waals surface area contributed by atoms with E-state index >= 15 is 0 Å². The summed E-state index contributed by atoms with van der Waals surface area (Å²) in [5.74, 6) is -0.100. The number of amidine groups is 1. The van der Waals surface area contributed by atoms with E-state index in [2.05, 4.69) is 20.5 Å². The first-order valence-corrected chi connectivity index (χ1v) is 9.37. The van der Waals surface area contributed by atoms with Gasteiger partial charge in [0.1, 0.15) is 18.4 Å². The van der Waals surface area contributed by atoms with Crippen molar-refractivity contribution in [1.29, 1.82) is 5.26 Å². The highest BCUT2D eigenvalue weighted by molar-refractivity contribution is 6.12. The van der Waals surface area contributed by atoms with E-state index in [9.17, 15) is 10.1 Å². The lowest BCUT2D eigenvalue weighted by Crippen LogP contribution is -2.48. The van der Waals surface area contributed by atoms with Crippen molar-refractivity contribution in [3.05, 3.63) is 65.6 Å². The molecule has 0 amide bonds. The quantitative estimate of drug-likeness (QED) is 0.471. The zero-order chi connectivity index (χ0) is 20.1. The minimum absolute atomic E-state index is 0.0660. The Morgan fingerprint density at radius 1 is 1.17 bits per heavy atom. The first-order chi connectivity index (χ1) is 14.3. The number of carbonyl (C=O) groups excluding carboxylic acids is 1. The maximum absolute atomic E-state index is 12.7. The van der Waals surface area contributed by atoms with Crippen molar-refractivity contribution >= 4 is 23.2 Å². The van der Waals surface area contributed by atoms with Gasteiger partial charge in [0.05, 0.1) is 11.4 Å². The van der Waals surface area contributed by atoms with Crippen LogP contribution in [-0.4, -0.2) is 47.9 Å². The topological polar surface area (TPSA) is 103 Å². The fraction of sp³-hybridized carbons (Fsp3) is 0.238. The molecule has 0 saturated carbocycles. The average molecular weight is 388 g/mol. The lowest BCUT2D eigenvalue weighted by molar-refractivity contribution is -0.139. The van der Waals surface area contributed by atoms with Crippen LogP contribution in [0, 0.1) is 11.3 Å². The Morgan fingerprint density at radius 3 is 2.69 bits per heavy atom. The zero-order valence-electron chi connectivity index (χ0n) is 15.8. The molecule has 0 unspecified atom stereocenters. The number of fused-ring (bicyclic) bond motifs is 1. The monoisotopic (exact) mass is 388 g/mol. The largest absolute Gasteiger partial charge is 0.457 e. The molecule has 2 aromatic rings. The number of benzene rings is 1. The number of hydrogen-bond donors (Lipinski definition) is 2. The maximum Gasteiger partial charge on any atom is 0.351 e. The number of ether oxygens (including phenoxy) is 1. The Kier molecular flexibility index (Phi) is 5.49. The van der Waals surface area contributed by atoms with Crippen molar-refractivity contribution in [2.45, 2.75) is 6.61 Å². The van der Waals surface area contributed by atoms with E-state index in [0.717, 1.165) is 43.1 Å². The third-order valence-corrected chi connectivity index (χ3v) is 4.72. The fourth-order valence-electron chi connectivity index (χ4n) is 3.22. The molecule has 0 bridgehead atoms. The molecular formula is C21H20N6O2. The first kappa shape index (κ1) is 18.7. The van der Waals surface area contributed by atoms with Crippen molar-refractivity contribution in [2.75, 3.05) is 31.5 Å². The summed E-state index contributed by atoms with van der Waals surface area (Å²) in [6, 6.07) is 13.1. The number of para-hydroxylation sites is 2. The molecule has 0 aliphatic carbocycles. The van der Waals surface area contributed by atoms with Gasteiger partial charge in [-0.2, -0.15) is 5.26 Å². The normalized spacial score (nSPS) is 17.3.